The molecule has 0 amide bonds. The zero-order chi connectivity index (χ0) is 14.7. The first-order valence-corrected chi connectivity index (χ1v) is 7.04. The SMILES string of the molecule is CN1CCN(N=Cc2ccc(-c3ccc(F)cc3)o2)CC1. The van der Waals surface area contributed by atoms with E-state index in [4.69, 9.17) is 4.42 Å². The third-order valence-corrected chi connectivity index (χ3v) is 3.58. The molecule has 2 heterocycles. The van der Waals surface area contributed by atoms with E-state index >= 15 is 0 Å². The Morgan fingerprint density at radius 1 is 1.05 bits per heavy atom. The molecule has 0 bridgehead atoms. The fourth-order valence-electron chi connectivity index (χ4n) is 2.24. The van der Waals surface area contributed by atoms with Crippen LogP contribution in [0, 0.1) is 5.82 Å². The van der Waals surface area contributed by atoms with Gasteiger partial charge in [0, 0.05) is 31.7 Å². The summed E-state index contributed by atoms with van der Waals surface area (Å²) in [4.78, 5) is 2.28. The molecule has 0 spiro atoms. The van der Waals surface area contributed by atoms with Crippen LogP contribution in [0.1, 0.15) is 5.76 Å². The number of likely N-dealkylation sites (N-methyl/N-ethyl adjacent to an activating group) is 1. The van der Waals surface area contributed by atoms with Crippen LogP contribution in [0.4, 0.5) is 4.39 Å². The summed E-state index contributed by atoms with van der Waals surface area (Å²) in [7, 11) is 2.11. The van der Waals surface area contributed by atoms with Crippen molar-refractivity contribution >= 4 is 6.21 Å². The van der Waals surface area contributed by atoms with Crippen LogP contribution in [0.2, 0.25) is 0 Å². The van der Waals surface area contributed by atoms with Crippen LogP contribution in [0.3, 0.4) is 0 Å². The van der Waals surface area contributed by atoms with Gasteiger partial charge in [0.1, 0.15) is 17.3 Å². The van der Waals surface area contributed by atoms with E-state index < -0.39 is 0 Å². The zero-order valence-corrected chi connectivity index (χ0v) is 12.0. The average Bonchev–Trinajstić information content (AvgIpc) is 2.96. The topological polar surface area (TPSA) is 32.0 Å². The third kappa shape index (κ3) is 3.49. The van der Waals surface area contributed by atoms with Crippen molar-refractivity contribution in [3.63, 3.8) is 0 Å². The molecule has 1 aromatic heterocycles. The molecule has 0 unspecified atom stereocenters. The van der Waals surface area contributed by atoms with Gasteiger partial charge in [-0.1, -0.05) is 0 Å². The summed E-state index contributed by atoms with van der Waals surface area (Å²) in [6.45, 7) is 3.91. The maximum atomic E-state index is 12.9. The van der Waals surface area contributed by atoms with E-state index in [1.807, 2.05) is 17.1 Å². The number of furan rings is 1. The third-order valence-electron chi connectivity index (χ3n) is 3.58. The van der Waals surface area contributed by atoms with Crippen molar-refractivity contribution in [3.8, 4) is 11.3 Å². The van der Waals surface area contributed by atoms with Crippen LogP contribution in [0.5, 0.6) is 0 Å². The molecular weight excluding hydrogens is 269 g/mol. The van der Waals surface area contributed by atoms with Crippen molar-refractivity contribution in [1.29, 1.82) is 0 Å². The number of hydrazone groups is 1. The molecule has 3 rings (SSSR count). The lowest BCUT2D eigenvalue weighted by molar-refractivity contribution is 0.159. The quantitative estimate of drug-likeness (QED) is 0.814. The molecule has 2 aromatic rings. The first-order valence-electron chi connectivity index (χ1n) is 7.04. The van der Waals surface area contributed by atoms with Gasteiger partial charge in [-0.3, -0.25) is 5.01 Å². The zero-order valence-electron chi connectivity index (χ0n) is 12.0. The molecule has 1 aromatic carbocycles. The molecule has 0 aliphatic carbocycles. The standard InChI is InChI=1S/C16H18FN3O/c1-19-8-10-20(11-9-19)18-12-15-6-7-16(21-15)13-2-4-14(17)5-3-13/h2-7,12H,8-11H2,1H3. The maximum absolute atomic E-state index is 12.9. The van der Waals surface area contributed by atoms with Gasteiger partial charge in [0.05, 0.1) is 6.21 Å². The summed E-state index contributed by atoms with van der Waals surface area (Å²) >= 11 is 0. The van der Waals surface area contributed by atoms with Gasteiger partial charge in [0.15, 0.2) is 0 Å². The minimum atomic E-state index is -0.248. The highest BCUT2D eigenvalue weighted by molar-refractivity contribution is 5.77. The summed E-state index contributed by atoms with van der Waals surface area (Å²) < 4.78 is 18.6. The van der Waals surface area contributed by atoms with Crippen LogP contribution < -0.4 is 0 Å². The largest absolute Gasteiger partial charge is 0.455 e. The van der Waals surface area contributed by atoms with Crippen molar-refractivity contribution in [2.45, 2.75) is 0 Å². The first kappa shape index (κ1) is 13.8. The van der Waals surface area contributed by atoms with Crippen LogP contribution in [0.15, 0.2) is 45.9 Å². The van der Waals surface area contributed by atoms with E-state index in [2.05, 4.69) is 17.0 Å². The molecule has 0 atom stereocenters. The number of hydrogen-bond acceptors (Lipinski definition) is 4. The predicted molar refractivity (Wildman–Crippen MR) is 80.8 cm³/mol. The Hall–Kier alpha value is -2.14. The fraction of sp³-hybridized carbons (Fsp3) is 0.312. The molecule has 1 saturated heterocycles. The molecule has 0 saturated carbocycles. The normalized spacial score (nSPS) is 16.8. The highest BCUT2D eigenvalue weighted by atomic mass is 19.1. The van der Waals surface area contributed by atoms with Crippen LogP contribution in [-0.4, -0.2) is 49.4 Å². The minimum absolute atomic E-state index is 0.248. The summed E-state index contributed by atoms with van der Waals surface area (Å²) in [6, 6.07) is 10.0. The highest BCUT2D eigenvalue weighted by Crippen LogP contribution is 2.21. The Balaban J connectivity index is 1.66. The first-order chi connectivity index (χ1) is 10.2. The second-order valence-corrected chi connectivity index (χ2v) is 5.21. The van der Waals surface area contributed by atoms with Gasteiger partial charge in [-0.2, -0.15) is 5.10 Å². The molecule has 21 heavy (non-hydrogen) atoms. The molecule has 5 heteroatoms. The second kappa shape index (κ2) is 6.10. The van der Waals surface area contributed by atoms with Crippen LogP contribution in [0.25, 0.3) is 11.3 Å². The van der Waals surface area contributed by atoms with Crippen molar-refractivity contribution in [3.05, 3.63) is 48.0 Å². The van der Waals surface area contributed by atoms with E-state index in [0.717, 1.165) is 37.5 Å². The van der Waals surface area contributed by atoms with Gasteiger partial charge in [-0.05, 0) is 43.4 Å². The van der Waals surface area contributed by atoms with Crippen LogP contribution in [-0.2, 0) is 0 Å². The number of halogens is 1. The van der Waals surface area contributed by atoms with E-state index in [1.165, 1.54) is 12.1 Å². The average molecular weight is 287 g/mol. The van der Waals surface area contributed by atoms with Gasteiger partial charge >= 0.3 is 0 Å². The lowest BCUT2D eigenvalue weighted by atomic mass is 10.2. The monoisotopic (exact) mass is 287 g/mol. The number of piperazine rings is 1. The molecular formula is C16H18FN3O. The van der Waals surface area contributed by atoms with E-state index in [0.29, 0.717) is 5.76 Å². The Kier molecular flexibility index (Phi) is 4.01. The van der Waals surface area contributed by atoms with Gasteiger partial charge < -0.3 is 9.32 Å². The van der Waals surface area contributed by atoms with Gasteiger partial charge in [-0.25, -0.2) is 4.39 Å². The Morgan fingerprint density at radius 2 is 1.76 bits per heavy atom. The number of rotatable bonds is 3. The lowest BCUT2D eigenvalue weighted by Gasteiger charge is -2.30. The maximum Gasteiger partial charge on any atom is 0.147 e. The molecule has 1 aliphatic heterocycles. The predicted octanol–water partition coefficient (Wildman–Crippen LogP) is 2.67. The molecule has 4 nitrogen and oxygen atoms in total. The van der Waals surface area contributed by atoms with Gasteiger partial charge in [-0.15, -0.1) is 0 Å². The molecule has 0 radical (unpaired) electrons. The number of hydrogen-bond donors (Lipinski definition) is 0. The summed E-state index contributed by atoms with van der Waals surface area (Å²) in [5.41, 5.74) is 0.857. The summed E-state index contributed by atoms with van der Waals surface area (Å²) in [5.74, 6) is 1.17. The van der Waals surface area contributed by atoms with Crippen molar-refractivity contribution in [2.24, 2.45) is 5.10 Å². The van der Waals surface area contributed by atoms with Crippen molar-refractivity contribution in [2.75, 3.05) is 33.2 Å². The Labute approximate surface area is 123 Å². The van der Waals surface area contributed by atoms with E-state index in [9.17, 15) is 4.39 Å². The minimum Gasteiger partial charge on any atom is -0.455 e. The van der Waals surface area contributed by atoms with Crippen molar-refractivity contribution in [1.82, 2.24) is 9.91 Å². The molecule has 110 valence electrons. The lowest BCUT2D eigenvalue weighted by Crippen LogP contribution is -2.41. The Bertz CT molecular complexity index is 613. The van der Waals surface area contributed by atoms with Crippen LogP contribution >= 0.6 is 0 Å². The summed E-state index contributed by atoms with van der Waals surface area (Å²) in [6.07, 6.45) is 1.73. The molecule has 0 N–H and O–H groups in total. The van der Waals surface area contributed by atoms with Gasteiger partial charge in [0.2, 0.25) is 0 Å². The van der Waals surface area contributed by atoms with Crippen molar-refractivity contribution < 1.29 is 8.81 Å². The fourth-order valence-corrected chi connectivity index (χ4v) is 2.24. The van der Waals surface area contributed by atoms with E-state index in [-0.39, 0.29) is 5.82 Å². The Morgan fingerprint density at radius 3 is 2.48 bits per heavy atom. The second-order valence-electron chi connectivity index (χ2n) is 5.21. The molecule has 1 fully saturated rings. The number of nitrogens with zero attached hydrogens (tertiary/aromatic N) is 3. The van der Waals surface area contributed by atoms with E-state index in [1.54, 1.807) is 18.3 Å². The molecule has 1 aliphatic rings. The number of benzene rings is 1. The smallest absolute Gasteiger partial charge is 0.147 e. The summed E-state index contributed by atoms with van der Waals surface area (Å²) in [5, 5.41) is 6.48. The highest BCUT2D eigenvalue weighted by Gasteiger charge is 2.11. The van der Waals surface area contributed by atoms with Gasteiger partial charge in [0.25, 0.3) is 0 Å².